The molecule has 1 fully saturated rings. The maximum Gasteiger partial charge on any atom is 0.407 e. The van der Waals surface area contributed by atoms with Gasteiger partial charge in [0.05, 0.1) is 17.8 Å². The molecule has 0 bridgehead atoms. The zero-order chi connectivity index (χ0) is 36.4. The number of nitrogens with zero attached hydrogens (tertiary/aromatic N) is 4. The molecule has 6 N–H and O–H groups in total. The van der Waals surface area contributed by atoms with Crippen LogP contribution in [0.5, 0.6) is 0 Å². The van der Waals surface area contributed by atoms with Crippen molar-refractivity contribution in [1.29, 1.82) is 0 Å². The minimum Gasteiger partial charge on any atom is -0.756 e. The minimum atomic E-state index is -6.22. The molecule has 2 aromatic heterocycles. The average Bonchev–Trinajstić information content (AvgIpc) is 3.58. The SMILES string of the molecule is Cc1cccc2c(S(=O)NCCNC(=O)OC3[C@@H](COP(=O)([O-])OP(=O)([O-])OP(=O)([O-])O)O[C@@H](n4cnc5c(N)ncnc54)[C@H]3O)cccc12. The van der Waals surface area contributed by atoms with Gasteiger partial charge >= 0.3 is 6.09 Å². The number of nitrogens with one attached hydrogen (secondary N) is 2. The summed E-state index contributed by atoms with van der Waals surface area (Å²) in [5, 5.41) is 15.2. The summed E-state index contributed by atoms with van der Waals surface area (Å²) in [5.74, 6) is -0.0300. The molecule has 1 saturated heterocycles. The van der Waals surface area contributed by atoms with Crippen molar-refractivity contribution in [1.82, 2.24) is 29.6 Å². The highest BCUT2D eigenvalue weighted by Gasteiger charge is 2.48. The summed E-state index contributed by atoms with van der Waals surface area (Å²) in [7, 11) is -19.8. The van der Waals surface area contributed by atoms with Gasteiger partial charge < -0.3 is 49.7 Å². The summed E-state index contributed by atoms with van der Waals surface area (Å²) >= 11 is 0. The molecule has 5 rings (SSSR count). The molecular weight excluding hydrogens is 751 g/mol. The van der Waals surface area contributed by atoms with Crippen LogP contribution in [0.1, 0.15) is 11.8 Å². The van der Waals surface area contributed by atoms with Crippen molar-refractivity contribution in [3.8, 4) is 0 Å². The van der Waals surface area contributed by atoms with Crippen molar-refractivity contribution in [2.75, 3.05) is 25.4 Å². The fourth-order valence-corrected chi connectivity index (χ4v) is 8.81. The van der Waals surface area contributed by atoms with Gasteiger partial charge in [0.1, 0.15) is 35.0 Å². The van der Waals surface area contributed by atoms with Crippen molar-refractivity contribution in [2.24, 2.45) is 0 Å². The lowest BCUT2D eigenvalue weighted by atomic mass is 10.1. The maximum atomic E-state index is 13.0. The van der Waals surface area contributed by atoms with E-state index >= 15 is 0 Å². The Balaban J connectivity index is 1.25. The highest BCUT2D eigenvalue weighted by atomic mass is 32.2. The number of nitrogen functional groups attached to an aromatic ring is 1. The van der Waals surface area contributed by atoms with Gasteiger partial charge in [-0.1, -0.05) is 30.3 Å². The highest BCUT2D eigenvalue weighted by molar-refractivity contribution is 7.83. The number of aromatic nitrogens is 4. The van der Waals surface area contributed by atoms with Crippen molar-refractivity contribution in [3.63, 3.8) is 0 Å². The van der Waals surface area contributed by atoms with Crippen molar-refractivity contribution >= 4 is 68.3 Å². The van der Waals surface area contributed by atoms with Crippen LogP contribution in [0.15, 0.2) is 53.9 Å². The average molecular weight is 779 g/mol. The Bertz CT molecular complexity index is 2070. The molecule has 0 spiro atoms. The number of carbonyl (C=O) groups excluding carboxylic acids is 1. The number of rotatable bonds is 14. The quantitative estimate of drug-likeness (QED) is 0.0755. The zero-order valence-electron chi connectivity index (χ0n) is 25.4. The molecule has 5 unspecified atom stereocenters. The molecule has 26 heteroatoms. The molecule has 8 atom stereocenters. The number of anilines is 1. The van der Waals surface area contributed by atoms with Gasteiger partial charge in [-0.2, -0.15) is 0 Å². The first-order valence-electron chi connectivity index (χ1n) is 14.0. The number of carbonyl (C=O) groups is 1. The standard InChI is InChI=1S/C24H30N7O15P3S/c1-13-4-2-6-15-14(13)5-3-7-17(15)50(41)30-9-8-26-24(33)44-20-16(10-42-48(37,38)46-49(39,40)45-47(34,35)36)43-23(19(20)32)31-12-29-18-21(25)27-11-28-22(18)31/h2-7,11-12,16,19-20,23,30,32H,8-10H2,1H3,(H,26,33)(H,37,38)(H,39,40)(H2,25,27,28)(H2,34,35,36)/p-3/t16-,19+,20?,23-,50?/m1/s1. The number of amides is 1. The molecular formula is C24H27N7O15P3S-3. The molecule has 22 nitrogen and oxygen atoms in total. The van der Waals surface area contributed by atoms with Gasteiger partial charge in [0.2, 0.25) is 0 Å². The fourth-order valence-electron chi connectivity index (χ4n) is 4.89. The molecule has 4 aromatic rings. The fraction of sp³-hybridized carbons (Fsp3) is 0.333. The largest absolute Gasteiger partial charge is 0.756 e. The van der Waals surface area contributed by atoms with Crippen LogP contribution < -0.4 is 30.5 Å². The van der Waals surface area contributed by atoms with E-state index in [-0.39, 0.29) is 30.1 Å². The number of imidazole rings is 1. The van der Waals surface area contributed by atoms with Gasteiger partial charge in [-0.3, -0.25) is 18.3 Å². The molecule has 1 aliphatic heterocycles. The summed E-state index contributed by atoms with van der Waals surface area (Å²) in [6.45, 7) is 0.603. The lowest BCUT2D eigenvalue weighted by Gasteiger charge is -2.33. The van der Waals surface area contributed by atoms with Crippen LogP contribution in [0.3, 0.4) is 0 Å². The molecule has 272 valence electrons. The molecule has 1 amide bonds. The van der Waals surface area contributed by atoms with Crippen LogP contribution in [0.2, 0.25) is 0 Å². The minimum absolute atomic E-state index is 0.0108. The Morgan fingerprint density at radius 3 is 2.52 bits per heavy atom. The predicted octanol–water partition coefficient (Wildman–Crippen LogP) is -1.02. The monoisotopic (exact) mass is 778 g/mol. The number of aliphatic hydroxyl groups is 1. The van der Waals surface area contributed by atoms with Crippen molar-refractivity contribution < 1.29 is 70.0 Å². The van der Waals surface area contributed by atoms with Crippen molar-refractivity contribution in [3.05, 3.63) is 54.6 Å². The van der Waals surface area contributed by atoms with Crippen LogP contribution in [0, 0.1) is 6.92 Å². The second kappa shape index (κ2) is 15.2. The zero-order valence-corrected chi connectivity index (χ0v) is 28.9. The van der Waals surface area contributed by atoms with Gasteiger partial charge in [-0.05, 0) is 29.3 Å². The van der Waals surface area contributed by atoms with Gasteiger partial charge in [-0.15, -0.1) is 0 Å². The number of ether oxygens (including phenoxy) is 2. The number of alkyl carbamates (subject to hydrolysis) is 1. The summed E-state index contributed by atoms with van der Waals surface area (Å²) in [6, 6.07) is 10.9. The van der Waals surface area contributed by atoms with Gasteiger partial charge in [0.15, 0.2) is 23.8 Å². The third-order valence-corrected chi connectivity index (χ3v) is 11.9. The second-order valence-corrected chi connectivity index (χ2v) is 15.9. The number of phosphoric ester groups is 1. The number of hydrogen-bond donors (Lipinski definition) is 5. The molecule has 2 aromatic carbocycles. The topological polar surface area (TPSA) is 335 Å². The lowest BCUT2D eigenvalue weighted by molar-refractivity contribution is -0.250. The number of phosphoric acid groups is 3. The van der Waals surface area contributed by atoms with E-state index in [9.17, 15) is 42.5 Å². The van der Waals surface area contributed by atoms with Crippen molar-refractivity contribution in [2.45, 2.75) is 36.4 Å². The molecule has 1 aliphatic rings. The number of hydrogen-bond acceptors (Lipinski definition) is 18. The lowest BCUT2D eigenvalue weighted by Crippen LogP contribution is -2.42. The predicted molar refractivity (Wildman–Crippen MR) is 164 cm³/mol. The van der Waals surface area contributed by atoms with E-state index < -0.39 is 71.7 Å². The summed E-state index contributed by atoms with van der Waals surface area (Å²) < 4.78 is 73.8. The Kier molecular flexibility index (Phi) is 11.5. The first-order valence-corrected chi connectivity index (χ1v) is 19.6. The Labute approximate surface area is 284 Å². The first-order chi connectivity index (χ1) is 23.4. The molecule has 0 radical (unpaired) electrons. The number of aryl methyl sites for hydroxylation is 1. The van der Waals surface area contributed by atoms with Gasteiger partial charge in [0, 0.05) is 13.1 Å². The first kappa shape index (κ1) is 38.0. The Hall–Kier alpha value is -3.24. The highest BCUT2D eigenvalue weighted by Crippen LogP contribution is 2.61. The third kappa shape index (κ3) is 9.15. The maximum absolute atomic E-state index is 13.0. The molecule has 0 aliphatic carbocycles. The van der Waals surface area contributed by atoms with Crippen LogP contribution in [0.4, 0.5) is 10.6 Å². The van der Waals surface area contributed by atoms with E-state index in [0.717, 1.165) is 29.0 Å². The molecule has 50 heavy (non-hydrogen) atoms. The van der Waals surface area contributed by atoms with E-state index in [4.69, 9.17) is 20.1 Å². The number of nitrogens with two attached hydrogens (primary N) is 1. The molecule has 0 saturated carbocycles. The summed E-state index contributed by atoms with van der Waals surface area (Å²) in [6.07, 6.45) is -5.54. The van der Waals surface area contributed by atoms with Crippen LogP contribution in [0.25, 0.3) is 21.9 Å². The van der Waals surface area contributed by atoms with E-state index in [1.54, 1.807) is 12.1 Å². The van der Waals surface area contributed by atoms with Gasteiger partial charge in [0.25, 0.3) is 23.5 Å². The van der Waals surface area contributed by atoms with E-state index in [2.05, 4.69) is 38.1 Å². The Morgan fingerprint density at radius 2 is 1.78 bits per heavy atom. The second-order valence-electron chi connectivity index (χ2n) is 10.3. The summed E-state index contributed by atoms with van der Waals surface area (Å²) in [5.41, 5.74) is 6.96. The van der Waals surface area contributed by atoms with Crippen LogP contribution >= 0.6 is 23.5 Å². The van der Waals surface area contributed by atoms with E-state index in [1.807, 2.05) is 31.2 Å². The van der Waals surface area contributed by atoms with Crippen LogP contribution in [-0.4, -0.2) is 77.8 Å². The Morgan fingerprint density at radius 1 is 1.06 bits per heavy atom. The van der Waals surface area contributed by atoms with Gasteiger partial charge in [-0.25, -0.2) is 37.3 Å². The molecule has 3 heterocycles. The summed E-state index contributed by atoms with van der Waals surface area (Å²) in [4.78, 5) is 68.2. The number of benzene rings is 2. The number of fused-ring (bicyclic) bond motifs is 2. The third-order valence-electron chi connectivity index (χ3n) is 6.94. The normalized spacial score (nSPS) is 23.6. The van der Waals surface area contributed by atoms with E-state index in [0.29, 0.717) is 4.90 Å². The van der Waals surface area contributed by atoms with E-state index in [1.165, 1.54) is 4.57 Å². The van der Waals surface area contributed by atoms with Crippen LogP contribution in [-0.2, 0) is 47.3 Å². The number of aliphatic hydroxyl groups excluding tert-OH is 1. The smallest absolute Gasteiger partial charge is 0.407 e.